The van der Waals surface area contributed by atoms with Crippen LogP contribution in [0.5, 0.6) is 0 Å². The zero-order valence-electron chi connectivity index (χ0n) is 17.4. The summed E-state index contributed by atoms with van der Waals surface area (Å²) in [4.78, 5) is 24.1. The quantitative estimate of drug-likeness (QED) is 0.418. The van der Waals surface area contributed by atoms with Crippen LogP contribution in [0.3, 0.4) is 0 Å². The van der Waals surface area contributed by atoms with Gasteiger partial charge in [0.15, 0.2) is 17.5 Å². The highest BCUT2D eigenvalue weighted by Gasteiger charge is 2.16. The molecule has 0 radical (unpaired) electrons. The number of amides is 2. The Bertz CT molecular complexity index is 1330. The normalized spacial score (nSPS) is 11.3. The van der Waals surface area contributed by atoms with E-state index in [-0.39, 0.29) is 11.3 Å². The number of nitrogens with one attached hydrogen (secondary N) is 3. The van der Waals surface area contributed by atoms with Gasteiger partial charge in [-0.25, -0.2) is 21.6 Å². The molecule has 11 heteroatoms. The highest BCUT2D eigenvalue weighted by molar-refractivity contribution is 7.95. The lowest BCUT2D eigenvalue weighted by Crippen LogP contribution is -2.33. The van der Waals surface area contributed by atoms with Crippen LogP contribution in [0.1, 0.15) is 15.9 Å². The van der Waals surface area contributed by atoms with Gasteiger partial charge in [0.05, 0.1) is 17.6 Å². The molecule has 0 bridgehead atoms. The van der Waals surface area contributed by atoms with Crippen molar-refractivity contribution in [1.29, 1.82) is 0 Å². The van der Waals surface area contributed by atoms with E-state index in [1.165, 1.54) is 30.3 Å². The maximum atomic E-state index is 13.6. The molecule has 0 saturated heterocycles. The van der Waals surface area contributed by atoms with E-state index >= 15 is 0 Å². The molecule has 0 aliphatic rings. The van der Waals surface area contributed by atoms with E-state index in [4.69, 9.17) is 0 Å². The summed E-state index contributed by atoms with van der Waals surface area (Å²) >= 11 is 0. The molecule has 3 aromatic carbocycles. The van der Waals surface area contributed by atoms with Gasteiger partial charge in [-0.2, -0.15) is 0 Å². The summed E-state index contributed by atoms with van der Waals surface area (Å²) in [7, 11) is -3.79. The van der Waals surface area contributed by atoms with Crippen LogP contribution in [0.4, 0.5) is 24.5 Å². The summed E-state index contributed by atoms with van der Waals surface area (Å²) in [6.45, 7) is -0.573. The fraction of sp³-hybridized carbons (Fsp3) is 0.0435. The average molecular weight is 489 g/mol. The minimum absolute atomic E-state index is 0.120. The van der Waals surface area contributed by atoms with E-state index in [1.54, 1.807) is 30.3 Å². The third-order valence-corrected chi connectivity index (χ3v) is 5.38. The van der Waals surface area contributed by atoms with Crippen LogP contribution in [0.15, 0.2) is 72.1 Å². The molecule has 0 fully saturated rings. The number of carbonyl (C=O) groups excluding carboxylic acids is 2. The van der Waals surface area contributed by atoms with Crippen molar-refractivity contribution in [2.24, 2.45) is 0 Å². The molecule has 0 aliphatic heterocycles. The number of sulfonamides is 1. The van der Waals surface area contributed by atoms with Crippen molar-refractivity contribution in [2.45, 2.75) is 0 Å². The summed E-state index contributed by atoms with van der Waals surface area (Å²) < 4.78 is 66.5. The lowest BCUT2D eigenvalue weighted by atomic mass is 10.2. The van der Waals surface area contributed by atoms with Gasteiger partial charge in [-0.1, -0.05) is 30.3 Å². The van der Waals surface area contributed by atoms with Crippen molar-refractivity contribution in [3.05, 3.63) is 101 Å². The molecule has 176 valence electrons. The highest BCUT2D eigenvalue weighted by atomic mass is 32.2. The zero-order chi connectivity index (χ0) is 24.7. The van der Waals surface area contributed by atoms with Crippen LogP contribution in [0, 0.1) is 17.5 Å². The topological polar surface area (TPSA) is 104 Å². The number of hydrogen-bond acceptors (Lipinski definition) is 4. The Kier molecular flexibility index (Phi) is 7.69. The van der Waals surface area contributed by atoms with E-state index in [9.17, 15) is 31.2 Å². The molecule has 0 unspecified atom stereocenters. The Morgan fingerprint density at radius 1 is 0.853 bits per heavy atom. The first-order chi connectivity index (χ1) is 16.1. The van der Waals surface area contributed by atoms with Crippen LogP contribution in [-0.2, 0) is 14.8 Å². The first-order valence-corrected chi connectivity index (χ1v) is 11.3. The van der Waals surface area contributed by atoms with Gasteiger partial charge in [-0.3, -0.25) is 14.3 Å². The van der Waals surface area contributed by atoms with E-state index in [2.05, 4.69) is 10.0 Å². The second-order valence-electron chi connectivity index (χ2n) is 6.89. The fourth-order valence-corrected chi connectivity index (χ4v) is 3.57. The van der Waals surface area contributed by atoms with E-state index in [1.807, 2.05) is 5.32 Å². The van der Waals surface area contributed by atoms with Gasteiger partial charge in [0.25, 0.3) is 15.9 Å². The zero-order valence-corrected chi connectivity index (χ0v) is 18.2. The summed E-state index contributed by atoms with van der Waals surface area (Å²) in [5.74, 6) is -6.22. The molecule has 34 heavy (non-hydrogen) atoms. The number of carbonyl (C=O) groups is 2. The molecule has 3 N–H and O–H groups in total. The number of halogens is 3. The van der Waals surface area contributed by atoms with Crippen LogP contribution in [0.2, 0.25) is 0 Å². The number of benzene rings is 3. The smallest absolute Gasteiger partial charge is 0.255 e. The van der Waals surface area contributed by atoms with Gasteiger partial charge in [-0.15, -0.1) is 0 Å². The maximum absolute atomic E-state index is 13.6. The minimum Gasteiger partial charge on any atom is -0.343 e. The Morgan fingerprint density at radius 3 is 2.21 bits per heavy atom. The number of anilines is 2. The summed E-state index contributed by atoms with van der Waals surface area (Å²) in [6, 6.07) is 15.7. The predicted molar refractivity (Wildman–Crippen MR) is 122 cm³/mol. The molecular weight excluding hydrogens is 471 g/mol. The molecule has 3 rings (SSSR count). The SMILES string of the molecule is O=C(CNC(=O)c1ccc(NS(=O)(=O)/C=C/c2ccccc2)cc1)Nc1ccc(F)c(F)c1F. The molecule has 0 heterocycles. The van der Waals surface area contributed by atoms with E-state index in [0.29, 0.717) is 11.6 Å². The second-order valence-corrected chi connectivity index (χ2v) is 8.46. The summed E-state index contributed by atoms with van der Waals surface area (Å²) in [5, 5.41) is 5.32. The van der Waals surface area contributed by atoms with Crippen molar-refractivity contribution < 1.29 is 31.2 Å². The fourth-order valence-electron chi connectivity index (χ4n) is 2.70. The lowest BCUT2D eigenvalue weighted by Gasteiger charge is -2.09. The Morgan fingerprint density at radius 2 is 1.53 bits per heavy atom. The van der Waals surface area contributed by atoms with Crippen LogP contribution < -0.4 is 15.4 Å². The first kappa shape index (κ1) is 24.5. The van der Waals surface area contributed by atoms with E-state index < -0.39 is 51.5 Å². The van der Waals surface area contributed by atoms with Gasteiger partial charge in [0.1, 0.15) is 0 Å². The molecule has 0 saturated carbocycles. The van der Waals surface area contributed by atoms with Crippen molar-refractivity contribution in [2.75, 3.05) is 16.6 Å². The van der Waals surface area contributed by atoms with Gasteiger partial charge >= 0.3 is 0 Å². The Labute approximate surface area is 193 Å². The van der Waals surface area contributed by atoms with Crippen molar-refractivity contribution in [3.8, 4) is 0 Å². The van der Waals surface area contributed by atoms with Crippen LogP contribution in [-0.4, -0.2) is 26.8 Å². The third kappa shape index (κ3) is 6.69. The number of hydrogen-bond donors (Lipinski definition) is 3. The molecule has 7 nitrogen and oxygen atoms in total. The molecule has 0 aromatic heterocycles. The molecule has 2 amide bonds. The number of rotatable bonds is 8. The standard InChI is InChI=1S/C23H18F3N3O4S/c24-18-10-11-19(22(26)21(18)25)28-20(30)14-27-23(31)16-6-8-17(9-7-16)29-34(32,33)13-12-15-4-2-1-3-5-15/h1-13,29H,14H2,(H,27,31)(H,28,30)/b13-12+. The Balaban J connectivity index is 1.54. The van der Waals surface area contributed by atoms with Gasteiger partial charge < -0.3 is 10.6 Å². The van der Waals surface area contributed by atoms with Gasteiger partial charge in [0.2, 0.25) is 5.91 Å². The second kappa shape index (κ2) is 10.7. The van der Waals surface area contributed by atoms with Gasteiger partial charge in [-0.05, 0) is 48.0 Å². The van der Waals surface area contributed by atoms with Gasteiger partial charge in [0, 0.05) is 11.3 Å². The molecule has 3 aromatic rings. The lowest BCUT2D eigenvalue weighted by molar-refractivity contribution is -0.115. The minimum atomic E-state index is -3.79. The summed E-state index contributed by atoms with van der Waals surface area (Å²) in [6.07, 6.45) is 1.43. The average Bonchev–Trinajstić information content (AvgIpc) is 2.82. The monoisotopic (exact) mass is 489 g/mol. The Hall–Kier alpha value is -4.12. The molecule has 0 spiro atoms. The first-order valence-electron chi connectivity index (χ1n) is 9.72. The van der Waals surface area contributed by atoms with Crippen molar-refractivity contribution >= 4 is 39.3 Å². The predicted octanol–water partition coefficient (Wildman–Crippen LogP) is 3.89. The van der Waals surface area contributed by atoms with Crippen molar-refractivity contribution in [3.63, 3.8) is 0 Å². The third-order valence-electron chi connectivity index (χ3n) is 4.37. The molecule has 0 aliphatic carbocycles. The molecule has 0 atom stereocenters. The van der Waals surface area contributed by atoms with Crippen molar-refractivity contribution in [1.82, 2.24) is 5.32 Å². The van der Waals surface area contributed by atoms with Crippen LogP contribution >= 0.6 is 0 Å². The van der Waals surface area contributed by atoms with E-state index in [0.717, 1.165) is 11.5 Å². The summed E-state index contributed by atoms with van der Waals surface area (Å²) in [5.41, 5.74) is 0.461. The maximum Gasteiger partial charge on any atom is 0.255 e. The highest BCUT2D eigenvalue weighted by Crippen LogP contribution is 2.19. The molecular formula is C23H18F3N3O4S. The van der Waals surface area contributed by atoms with Crippen LogP contribution in [0.25, 0.3) is 6.08 Å². The largest absolute Gasteiger partial charge is 0.343 e.